The minimum atomic E-state index is 0.183. The van der Waals surface area contributed by atoms with Crippen LogP contribution in [-0.4, -0.2) is 17.8 Å². The average molecular weight is 166 g/mol. The Morgan fingerprint density at radius 1 is 1.67 bits per heavy atom. The topological polar surface area (TPSA) is 29.5 Å². The molecule has 2 nitrogen and oxygen atoms in total. The van der Waals surface area contributed by atoms with Gasteiger partial charge in [0.1, 0.15) is 6.10 Å². The van der Waals surface area contributed by atoms with Gasteiger partial charge in [-0.05, 0) is 30.9 Å². The maximum atomic E-state index is 9.07. The molecule has 0 aromatic heterocycles. The number of hydrogen-bond acceptors (Lipinski definition) is 2. The molecule has 0 radical (unpaired) electrons. The Labute approximate surface area is 72.5 Å². The molecular weight excluding hydrogens is 152 g/mol. The summed E-state index contributed by atoms with van der Waals surface area (Å²) in [5.41, 5.74) is 1.15. The van der Waals surface area contributed by atoms with Crippen LogP contribution in [0.3, 0.4) is 0 Å². The summed E-state index contributed by atoms with van der Waals surface area (Å²) >= 11 is 0. The van der Waals surface area contributed by atoms with E-state index in [1.165, 1.54) is 0 Å². The Kier molecular flexibility index (Phi) is 1.93. The maximum absolute atomic E-state index is 9.07. The SMILES string of the molecule is C[C@@H]1OC=C[C@H]2CC=C(CO)[C@@H]12. The van der Waals surface area contributed by atoms with Crippen molar-refractivity contribution in [2.24, 2.45) is 11.8 Å². The molecule has 3 atom stereocenters. The fourth-order valence-corrected chi connectivity index (χ4v) is 2.22. The lowest BCUT2D eigenvalue weighted by Gasteiger charge is -2.29. The molecule has 0 bridgehead atoms. The Hall–Kier alpha value is -0.760. The van der Waals surface area contributed by atoms with Gasteiger partial charge in [-0.1, -0.05) is 6.08 Å². The van der Waals surface area contributed by atoms with E-state index in [1.54, 1.807) is 6.26 Å². The van der Waals surface area contributed by atoms with Crippen LogP contribution >= 0.6 is 0 Å². The van der Waals surface area contributed by atoms with Gasteiger partial charge in [0.15, 0.2) is 0 Å². The van der Waals surface area contributed by atoms with Crippen LogP contribution in [0.5, 0.6) is 0 Å². The van der Waals surface area contributed by atoms with Gasteiger partial charge in [0.05, 0.1) is 12.9 Å². The van der Waals surface area contributed by atoms with E-state index in [0.29, 0.717) is 11.8 Å². The normalized spacial score (nSPS) is 38.8. The van der Waals surface area contributed by atoms with Crippen molar-refractivity contribution in [2.75, 3.05) is 6.61 Å². The molecule has 2 heteroatoms. The number of ether oxygens (including phenoxy) is 1. The van der Waals surface area contributed by atoms with E-state index in [4.69, 9.17) is 9.84 Å². The molecule has 0 fully saturated rings. The Morgan fingerprint density at radius 3 is 3.25 bits per heavy atom. The molecule has 0 saturated carbocycles. The Morgan fingerprint density at radius 2 is 2.50 bits per heavy atom. The van der Waals surface area contributed by atoms with Crippen molar-refractivity contribution in [1.29, 1.82) is 0 Å². The van der Waals surface area contributed by atoms with Crippen LogP contribution < -0.4 is 0 Å². The van der Waals surface area contributed by atoms with E-state index in [-0.39, 0.29) is 12.7 Å². The lowest BCUT2D eigenvalue weighted by Crippen LogP contribution is -2.28. The first-order valence-corrected chi connectivity index (χ1v) is 4.45. The first-order chi connectivity index (χ1) is 5.83. The first kappa shape index (κ1) is 7.87. The second kappa shape index (κ2) is 2.94. The second-order valence-corrected chi connectivity index (χ2v) is 3.53. The third-order valence-electron chi connectivity index (χ3n) is 2.85. The summed E-state index contributed by atoms with van der Waals surface area (Å²) in [7, 11) is 0. The van der Waals surface area contributed by atoms with Gasteiger partial charge in [0, 0.05) is 5.92 Å². The molecule has 66 valence electrons. The van der Waals surface area contributed by atoms with Crippen molar-refractivity contribution in [2.45, 2.75) is 19.4 Å². The summed E-state index contributed by atoms with van der Waals surface area (Å²) in [4.78, 5) is 0. The third kappa shape index (κ3) is 1.07. The molecule has 2 aliphatic rings. The van der Waals surface area contributed by atoms with Crippen LogP contribution in [0.25, 0.3) is 0 Å². The summed E-state index contributed by atoms with van der Waals surface area (Å²) in [6.45, 7) is 2.25. The van der Waals surface area contributed by atoms with Gasteiger partial charge in [-0.3, -0.25) is 0 Å². The molecule has 0 unspecified atom stereocenters. The van der Waals surface area contributed by atoms with Crippen molar-refractivity contribution in [3.05, 3.63) is 24.0 Å². The molecule has 1 N–H and O–H groups in total. The molecular formula is C10H14O2. The zero-order chi connectivity index (χ0) is 8.55. The highest BCUT2D eigenvalue weighted by Crippen LogP contribution is 2.38. The highest BCUT2D eigenvalue weighted by Gasteiger charge is 2.34. The van der Waals surface area contributed by atoms with E-state index in [0.717, 1.165) is 12.0 Å². The number of rotatable bonds is 1. The first-order valence-electron chi connectivity index (χ1n) is 4.45. The van der Waals surface area contributed by atoms with Gasteiger partial charge in [-0.15, -0.1) is 0 Å². The third-order valence-corrected chi connectivity index (χ3v) is 2.85. The molecule has 2 rings (SSSR count). The Bertz CT molecular complexity index is 230. The molecule has 0 aromatic carbocycles. The van der Waals surface area contributed by atoms with Crippen LogP contribution in [0.1, 0.15) is 13.3 Å². The molecule has 1 aliphatic heterocycles. The summed E-state index contributed by atoms with van der Waals surface area (Å²) in [5.74, 6) is 0.982. The van der Waals surface area contributed by atoms with E-state index in [9.17, 15) is 0 Å². The van der Waals surface area contributed by atoms with E-state index >= 15 is 0 Å². The smallest absolute Gasteiger partial charge is 0.102 e. The zero-order valence-corrected chi connectivity index (χ0v) is 7.23. The molecule has 0 spiro atoms. The number of hydrogen-bond donors (Lipinski definition) is 1. The summed E-state index contributed by atoms with van der Waals surface area (Å²) in [6, 6.07) is 0. The van der Waals surface area contributed by atoms with Crippen LogP contribution in [-0.2, 0) is 4.74 Å². The van der Waals surface area contributed by atoms with Gasteiger partial charge < -0.3 is 9.84 Å². The number of allylic oxidation sites excluding steroid dienone is 2. The van der Waals surface area contributed by atoms with Crippen LogP contribution in [0.2, 0.25) is 0 Å². The highest BCUT2D eigenvalue weighted by molar-refractivity contribution is 5.21. The van der Waals surface area contributed by atoms with Crippen LogP contribution in [0.15, 0.2) is 24.0 Å². The van der Waals surface area contributed by atoms with Gasteiger partial charge >= 0.3 is 0 Å². The van der Waals surface area contributed by atoms with Gasteiger partial charge in [-0.25, -0.2) is 0 Å². The molecule has 0 aromatic rings. The largest absolute Gasteiger partial charge is 0.498 e. The van der Waals surface area contributed by atoms with Crippen molar-refractivity contribution in [3.8, 4) is 0 Å². The summed E-state index contributed by atoms with van der Waals surface area (Å²) in [6.07, 6.45) is 7.32. The second-order valence-electron chi connectivity index (χ2n) is 3.53. The Balaban J connectivity index is 2.20. The quantitative estimate of drug-likeness (QED) is 0.598. The molecule has 0 saturated heterocycles. The van der Waals surface area contributed by atoms with E-state index in [1.807, 2.05) is 0 Å². The van der Waals surface area contributed by atoms with Crippen molar-refractivity contribution in [3.63, 3.8) is 0 Å². The predicted molar refractivity (Wildman–Crippen MR) is 46.5 cm³/mol. The van der Waals surface area contributed by atoms with Crippen molar-refractivity contribution < 1.29 is 9.84 Å². The lowest BCUT2D eigenvalue weighted by atomic mass is 9.86. The van der Waals surface area contributed by atoms with E-state index in [2.05, 4.69) is 19.1 Å². The molecule has 12 heavy (non-hydrogen) atoms. The fourth-order valence-electron chi connectivity index (χ4n) is 2.22. The van der Waals surface area contributed by atoms with Crippen LogP contribution in [0, 0.1) is 11.8 Å². The number of fused-ring (bicyclic) bond motifs is 1. The highest BCUT2D eigenvalue weighted by atomic mass is 16.5. The average Bonchev–Trinajstić information content (AvgIpc) is 2.49. The fraction of sp³-hybridized carbons (Fsp3) is 0.600. The molecule has 1 aliphatic carbocycles. The van der Waals surface area contributed by atoms with Crippen LogP contribution in [0.4, 0.5) is 0 Å². The maximum Gasteiger partial charge on any atom is 0.102 e. The van der Waals surface area contributed by atoms with Gasteiger partial charge in [-0.2, -0.15) is 0 Å². The van der Waals surface area contributed by atoms with Gasteiger partial charge in [0.25, 0.3) is 0 Å². The minimum absolute atomic E-state index is 0.183. The summed E-state index contributed by atoms with van der Waals surface area (Å²) < 4.78 is 5.39. The van der Waals surface area contributed by atoms with E-state index < -0.39 is 0 Å². The number of aliphatic hydroxyl groups excluding tert-OH is 1. The molecule has 0 amide bonds. The standard InChI is InChI=1S/C10H14O2/c1-7-10-8(4-5-12-7)2-3-9(10)6-11/h3-5,7-8,10-11H,2,6H2,1H3/t7-,8+,10-/m0/s1. The van der Waals surface area contributed by atoms with Crippen molar-refractivity contribution in [1.82, 2.24) is 0 Å². The van der Waals surface area contributed by atoms with Gasteiger partial charge in [0.2, 0.25) is 0 Å². The monoisotopic (exact) mass is 166 g/mol. The zero-order valence-electron chi connectivity index (χ0n) is 7.23. The summed E-state index contributed by atoms with van der Waals surface area (Å²) in [5, 5.41) is 9.07. The number of aliphatic hydroxyl groups is 1. The molecule has 1 heterocycles. The lowest BCUT2D eigenvalue weighted by molar-refractivity contribution is 0.0794. The van der Waals surface area contributed by atoms with Crippen molar-refractivity contribution >= 4 is 0 Å². The predicted octanol–water partition coefficient (Wildman–Crippen LogP) is 1.47. The minimum Gasteiger partial charge on any atom is -0.498 e.